The van der Waals surface area contributed by atoms with Gasteiger partial charge in [-0.2, -0.15) is 0 Å². The summed E-state index contributed by atoms with van der Waals surface area (Å²) in [7, 11) is 0. The summed E-state index contributed by atoms with van der Waals surface area (Å²) in [5.41, 5.74) is 0. The van der Waals surface area contributed by atoms with Crippen molar-refractivity contribution in [3.63, 3.8) is 0 Å². The zero-order valence-corrected chi connectivity index (χ0v) is 4.39. The molecule has 0 aromatic rings. The maximum atomic E-state index is 7.26. The zero-order chi connectivity index (χ0) is 2.71. The second kappa shape index (κ2) is 9.03. The fourth-order valence-corrected chi connectivity index (χ4v) is 0. The molecule has 2 nitrogen and oxygen atoms in total. The van der Waals surface area contributed by atoms with Gasteiger partial charge in [-0.3, -0.25) is 0 Å². The fourth-order valence-electron chi connectivity index (χ4n) is 0. The molecule has 1 radical (unpaired) electrons. The molecule has 0 saturated carbocycles. The van der Waals surface area contributed by atoms with Gasteiger partial charge in [0.05, 0.1) is 0 Å². The number of hydrogen-bond donors (Lipinski definition) is 2. The van der Waals surface area contributed by atoms with Gasteiger partial charge in [-0.25, -0.2) is 0 Å². The molecule has 0 fully saturated rings. The van der Waals surface area contributed by atoms with E-state index in [0.717, 1.165) is 0 Å². The summed E-state index contributed by atoms with van der Waals surface area (Å²) in [4.78, 5) is 0. The van der Waals surface area contributed by atoms with E-state index in [4.69, 9.17) is 8.32 Å². The first kappa shape index (κ1) is 8.88. The zero-order valence-electron chi connectivity index (χ0n) is 1.93. The van der Waals surface area contributed by atoms with Gasteiger partial charge in [0.25, 0.3) is 0 Å². The van der Waals surface area contributed by atoms with Crippen LogP contribution in [0.1, 0.15) is 0 Å². The summed E-state index contributed by atoms with van der Waals surface area (Å²) in [6.07, 6.45) is 0. The van der Waals surface area contributed by atoms with Gasteiger partial charge >= 0.3 is 15.9 Å². The Morgan fingerprint density at radius 1 is 1.25 bits per heavy atom. The average molecular weight is 121 g/mol. The Morgan fingerprint density at radius 2 is 1.25 bits per heavy atom. The van der Waals surface area contributed by atoms with Gasteiger partial charge in [0.2, 0.25) is 0 Å². The first-order valence-corrected chi connectivity index (χ1v) is 1.90. The monoisotopic (exact) mass is 121 g/mol. The van der Waals surface area contributed by atoms with Crippen LogP contribution in [0.5, 0.6) is 0 Å². The van der Waals surface area contributed by atoms with Crippen molar-refractivity contribution in [3.8, 4) is 0 Å². The van der Waals surface area contributed by atoms with Crippen LogP contribution in [0.4, 0.5) is 0 Å². The Labute approximate surface area is 41.4 Å². The Balaban J connectivity index is 0. The van der Waals surface area contributed by atoms with E-state index in [-0.39, 0.29) is 16.8 Å². The predicted octanol–water partition coefficient (Wildman–Crippen LogP) is -1.77. The molecule has 4 heteroatoms. The van der Waals surface area contributed by atoms with Crippen molar-refractivity contribution in [2.45, 2.75) is 0 Å². The smallest absolute Gasteiger partial charge is 0.496 e. The molecule has 4 heavy (non-hydrogen) atoms. The van der Waals surface area contributed by atoms with Crippen LogP contribution < -0.4 is 0 Å². The van der Waals surface area contributed by atoms with E-state index in [2.05, 4.69) is 0 Å². The third-order valence-corrected chi connectivity index (χ3v) is 0. The topological polar surface area (TPSA) is 40.5 Å². The van der Waals surface area contributed by atoms with Gasteiger partial charge < -0.3 is 8.32 Å². The summed E-state index contributed by atoms with van der Waals surface area (Å²) in [5, 5.41) is 0. The predicted molar refractivity (Wildman–Crippen MR) is 11.6 cm³/mol. The second-order valence-electron chi connectivity index (χ2n) is 0.141. The van der Waals surface area contributed by atoms with Gasteiger partial charge in [0, 0.05) is 16.8 Å². The first-order chi connectivity index (χ1) is 1.41. The van der Waals surface area contributed by atoms with Crippen molar-refractivity contribution in [2.75, 3.05) is 0 Å². The van der Waals surface area contributed by atoms with Gasteiger partial charge in [0.1, 0.15) is 0 Å². The molecule has 0 amide bonds. The fraction of sp³-hybridized carbons (Fsp3) is 0. The van der Waals surface area contributed by atoms with Crippen LogP contribution in [0.15, 0.2) is 0 Å². The van der Waals surface area contributed by atoms with Crippen LogP contribution in [0.25, 0.3) is 0 Å². The second-order valence-corrected chi connectivity index (χ2v) is 0.424. The standard InChI is InChI=1S/Al.Co.2H2O.H/h;;2*1H2;/q+2;;;;/p-2. The molecule has 0 unspecified atom stereocenters. The van der Waals surface area contributed by atoms with Crippen molar-refractivity contribution in [3.05, 3.63) is 0 Å². The summed E-state index contributed by atoms with van der Waals surface area (Å²) in [6, 6.07) is 0. The van der Waals surface area contributed by atoms with Crippen LogP contribution in [0.2, 0.25) is 0 Å². The van der Waals surface area contributed by atoms with Crippen LogP contribution in [-0.4, -0.2) is 24.2 Å². The number of rotatable bonds is 0. The molecule has 27 valence electrons. The minimum Gasteiger partial charge on any atom is -0.496 e. The Hall–Kier alpha value is 0.959. The van der Waals surface area contributed by atoms with Crippen molar-refractivity contribution >= 4 is 15.9 Å². The maximum absolute atomic E-state index is 7.26. The third kappa shape index (κ3) is 12.3. The number of hydrogen-bond acceptors (Lipinski definition) is 2. The molecule has 0 aliphatic carbocycles. The molecule has 0 aromatic heterocycles. The summed E-state index contributed by atoms with van der Waals surface area (Å²) in [5.74, 6) is 0. The molecule has 0 aromatic carbocycles. The molecule has 0 spiro atoms. The van der Waals surface area contributed by atoms with Crippen LogP contribution in [-0.2, 0) is 16.8 Å². The minimum absolute atomic E-state index is 0. The molecule has 0 atom stereocenters. The molecule has 0 aliphatic heterocycles. The summed E-state index contributed by atoms with van der Waals surface area (Å²) >= 11 is -1.58. The van der Waals surface area contributed by atoms with Gasteiger partial charge in [-0.05, 0) is 0 Å². The Bertz CT molecular complexity index is 6.00. The molecular weight excluding hydrogens is 118 g/mol. The van der Waals surface area contributed by atoms with Crippen molar-refractivity contribution in [1.29, 1.82) is 0 Å². The molecular formula is H3AlCoO2. The molecule has 0 rings (SSSR count). The minimum atomic E-state index is -1.58. The van der Waals surface area contributed by atoms with Crippen LogP contribution >= 0.6 is 0 Å². The third-order valence-electron chi connectivity index (χ3n) is 0. The van der Waals surface area contributed by atoms with E-state index < -0.39 is 15.9 Å². The van der Waals surface area contributed by atoms with E-state index in [1.54, 1.807) is 0 Å². The molecule has 0 bridgehead atoms. The van der Waals surface area contributed by atoms with Crippen molar-refractivity contribution in [2.24, 2.45) is 0 Å². The molecule has 2 N–H and O–H groups in total. The van der Waals surface area contributed by atoms with Gasteiger partial charge in [-0.1, -0.05) is 0 Å². The quantitative estimate of drug-likeness (QED) is 0.372. The van der Waals surface area contributed by atoms with E-state index >= 15 is 0 Å². The molecule has 0 saturated heterocycles. The van der Waals surface area contributed by atoms with Crippen molar-refractivity contribution in [1.82, 2.24) is 0 Å². The van der Waals surface area contributed by atoms with Crippen LogP contribution in [0.3, 0.4) is 0 Å². The normalized spacial score (nSPS) is 3.50. The average Bonchev–Trinajstić information content (AvgIpc) is 0.918. The van der Waals surface area contributed by atoms with E-state index in [0.29, 0.717) is 0 Å². The Kier molecular flexibility index (Phi) is 20.0. The molecule has 0 aliphatic rings. The van der Waals surface area contributed by atoms with Crippen molar-refractivity contribution < 1.29 is 25.1 Å². The SMILES string of the molecule is [Co].[OH][AlH][OH]. The first-order valence-electron chi connectivity index (χ1n) is 0.632. The van der Waals surface area contributed by atoms with Gasteiger partial charge in [-0.15, -0.1) is 0 Å². The van der Waals surface area contributed by atoms with E-state index in [1.807, 2.05) is 0 Å². The van der Waals surface area contributed by atoms with Gasteiger partial charge in [0.15, 0.2) is 0 Å². The Morgan fingerprint density at radius 3 is 1.25 bits per heavy atom. The van der Waals surface area contributed by atoms with Crippen LogP contribution in [0, 0.1) is 0 Å². The van der Waals surface area contributed by atoms with E-state index in [1.165, 1.54) is 0 Å². The largest absolute Gasteiger partial charge is 0.644 e. The summed E-state index contributed by atoms with van der Waals surface area (Å²) in [6.45, 7) is 0. The van der Waals surface area contributed by atoms with E-state index in [9.17, 15) is 0 Å². The maximum Gasteiger partial charge on any atom is 0.644 e. The molecule has 0 heterocycles. The summed E-state index contributed by atoms with van der Waals surface area (Å²) < 4.78 is 14.5.